The molecule has 2 atom stereocenters. The molecule has 1 heterocycles. The quantitative estimate of drug-likeness (QED) is 0.834. The minimum absolute atomic E-state index is 0.0314. The van der Waals surface area contributed by atoms with Crippen LogP contribution in [-0.4, -0.2) is 31.1 Å². The van der Waals surface area contributed by atoms with Crippen molar-refractivity contribution in [2.45, 2.75) is 37.8 Å². The van der Waals surface area contributed by atoms with E-state index in [0.717, 1.165) is 18.6 Å². The van der Waals surface area contributed by atoms with Crippen LogP contribution >= 0.6 is 0 Å². The highest BCUT2D eigenvalue weighted by Gasteiger charge is 2.38. The topological polar surface area (TPSA) is 15.3 Å². The summed E-state index contributed by atoms with van der Waals surface area (Å²) in [6.45, 7) is 2.85. The summed E-state index contributed by atoms with van der Waals surface area (Å²) in [5.74, 6) is 0. The Morgan fingerprint density at radius 3 is 1.96 bits per heavy atom. The maximum atomic E-state index is 12.9. The fourth-order valence-electron chi connectivity index (χ4n) is 2.81. The predicted molar refractivity (Wildman–Crippen MR) is 73.9 cm³/mol. The number of benzene rings is 1. The Bertz CT molecular complexity index is 520. The Labute approximate surface area is 130 Å². The third-order valence-corrected chi connectivity index (χ3v) is 4.27. The van der Waals surface area contributed by atoms with E-state index in [-0.39, 0.29) is 17.7 Å². The number of halogens is 6. The second-order valence-electron chi connectivity index (χ2n) is 5.78. The summed E-state index contributed by atoms with van der Waals surface area (Å²) in [5.41, 5.74) is -2.50. The molecule has 1 aliphatic rings. The summed E-state index contributed by atoms with van der Waals surface area (Å²) in [7, 11) is 1.78. The maximum absolute atomic E-state index is 12.9. The van der Waals surface area contributed by atoms with Gasteiger partial charge in [0.25, 0.3) is 0 Å². The molecule has 0 bridgehead atoms. The monoisotopic (exact) mass is 340 g/mol. The first-order valence-electron chi connectivity index (χ1n) is 7.23. The summed E-state index contributed by atoms with van der Waals surface area (Å²) < 4.78 is 77.4. The number of hydrogen-bond donors (Lipinski definition) is 1. The van der Waals surface area contributed by atoms with E-state index in [9.17, 15) is 26.3 Å². The molecule has 0 amide bonds. The van der Waals surface area contributed by atoms with Crippen LogP contribution < -0.4 is 5.32 Å². The highest BCUT2D eigenvalue weighted by molar-refractivity contribution is 5.35. The molecule has 0 radical (unpaired) electrons. The van der Waals surface area contributed by atoms with Crippen molar-refractivity contribution in [3.05, 3.63) is 34.9 Å². The molecule has 1 aliphatic heterocycles. The van der Waals surface area contributed by atoms with Gasteiger partial charge >= 0.3 is 12.4 Å². The molecular weight excluding hydrogens is 322 g/mol. The molecule has 0 saturated carbocycles. The highest BCUT2D eigenvalue weighted by Crippen LogP contribution is 2.38. The molecule has 0 spiro atoms. The number of likely N-dealkylation sites (tertiary alicyclic amines) is 1. The van der Waals surface area contributed by atoms with Gasteiger partial charge in [0.05, 0.1) is 11.1 Å². The molecule has 2 unspecified atom stereocenters. The van der Waals surface area contributed by atoms with E-state index in [4.69, 9.17) is 0 Å². The lowest BCUT2D eigenvalue weighted by Gasteiger charge is -2.26. The maximum Gasteiger partial charge on any atom is 0.416 e. The molecule has 130 valence electrons. The second kappa shape index (κ2) is 6.32. The Hall–Kier alpha value is -1.28. The van der Waals surface area contributed by atoms with Crippen molar-refractivity contribution in [1.29, 1.82) is 0 Å². The van der Waals surface area contributed by atoms with Crippen LogP contribution in [0.1, 0.15) is 36.1 Å². The Morgan fingerprint density at radius 1 is 1.04 bits per heavy atom. The average molecular weight is 340 g/mol. The largest absolute Gasteiger partial charge is 0.416 e. The molecule has 1 aromatic carbocycles. The van der Waals surface area contributed by atoms with Crippen molar-refractivity contribution in [2.24, 2.45) is 0 Å². The number of alkyl halides is 6. The van der Waals surface area contributed by atoms with Gasteiger partial charge < -0.3 is 5.32 Å². The lowest BCUT2D eigenvalue weighted by Crippen LogP contribution is -2.31. The molecule has 0 aromatic heterocycles. The van der Waals surface area contributed by atoms with E-state index < -0.39 is 29.5 Å². The van der Waals surface area contributed by atoms with Crippen molar-refractivity contribution in [1.82, 2.24) is 10.2 Å². The van der Waals surface area contributed by atoms with Crippen LogP contribution in [0.15, 0.2) is 18.2 Å². The zero-order valence-corrected chi connectivity index (χ0v) is 12.7. The van der Waals surface area contributed by atoms with Crippen LogP contribution in [0.3, 0.4) is 0 Å². The van der Waals surface area contributed by atoms with Crippen LogP contribution in [0.4, 0.5) is 26.3 Å². The summed E-state index contributed by atoms with van der Waals surface area (Å²) in [5, 5.41) is 3.07. The van der Waals surface area contributed by atoms with Gasteiger partial charge in [0.1, 0.15) is 0 Å². The fraction of sp³-hybridized carbons (Fsp3) is 0.600. The van der Waals surface area contributed by atoms with Gasteiger partial charge in [-0.05, 0) is 44.2 Å². The van der Waals surface area contributed by atoms with Gasteiger partial charge in [-0.25, -0.2) is 0 Å². The van der Waals surface area contributed by atoms with E-state index in [0.29, 0.717) is 13.1 Å². The smallest absolute Gasteiger partial charge is 0.316 e. The molecule has 2 rings (SSSR count). The highest BCUT2D eigenvalue weighted by atomic mass is 19.4. The van der Waals surface area contributed by atoms with Gasteiger partial charge in [-0.15, -0.1) is 0 Å². The van der Waals surface area contributed by atoms with Crippen molar-refractivity contribution < 1.29 is 26.3 Å². The first-order valence-corrected chi connectivity index (χ1v) is 7.23. The molecule has 8 heteroatoms. The number of nitrogens with zero attached hydrogens (tertiary/aromatic N) is 1. The third-order valence-electron chi connectivity index (χ3n) is 4.27. The number of nitrogens with one attached hydrogen (secondary N) is 1. The zero-order valence-electron chi connectivity index (χ0n) is 12.7. The van der Waals surface area contributed by atoms with Crippen LogP contribution in [0.25, 0.3) is 0 Å². The van der Waals surface area contributed by atoms with Gasteiger partial charge in [-0.2, -0.15) is 26.3 Å². The summed E-state index contributed by atoms with van der Waals surface area (Å²) in [6, 6.07) is 1.47. The van der Waals surface area contributed by atoms with Crippen molar-refractivity contribution in [2.75, 3.05) is 20.1 Å². The Morgan fingerprint density at radius 2 is 1.57 bits per heavy atom. The molecule has 23 heavy (non-hydrogen) atoms. The second-order valence-corrected chi connectivity index (χ2v) is 5.78. The van der Waals surface area contributed by atoms with E-state index in [1.165, 1.54) is 0 Å². The number of hydrogen-bond acceptors (Lipinski definition) is 2. The normalized spacial score (nSPS) is 21.7. The lowest BCUT2D eigenvalue weighted by atomic mass is 9.99. The van der Waals surface area contributed by atoms with Crippen LogP contribution in [0, 0.1) is 0 Å². The van der Waals surface area contributed by atoms with Gasteiger partial charge in [-0.1, -0.05) is 0 Å². The molecular formula is C15H18F6N2. The average Bonchev–Trinajstić information content (AvgIpc) is 2.93. The number of likely N-dealkylation sites (N-methyl/N-ethyl adjacent to an activating group) is 1. The van der Waals surface area contributed by atoms with Crippen molar-refractivity contribution >= 4 is 0 Å². The van der Waals surface area contributed by atoms with E-state index in [1.807, 2.05) is 4.90 Å². The molecule has 1 fully saturated rings. The predicted octanol–water partition coefficient (Wildman–Crippen LogP) is 4.08. The SMILES string of the molecule is CNC1CCN(C(C)c2cc(C(F)(F)F)cc(C(F)(F)F)c2)C1. The molecule has 1 aromatic rings. The zero-order chi connectivity index (χ0) is 17.4. The molecule has 0 aliphatic carbocycles. The Balaban J connectivity index is 2.37. The molecule has 1 saturated heterocycles. The standard InChI is InChI=1S/C15H18F6N2/c1-9(23-4-3-13(8-23)22-2)10-5-11(14(16,17)18)7-12(6-10)15(19,20)21/h5-7,9,13,22H,3-4,8H2,1-2H3. The summed E-state index contributed by atoms with van der Waals surface area (Å²) in [6.07, 6.45) is -8.81. The van der Waals surface area contributed by atoms with Crippen LogP contribution in [-0.2, 0) is 12.4 Å². The minimum atomic E-state index is -4.81. The summed E-state index contributed by atoms with van der Waals surface area (Å²) >= 11 is 0. The minimum Gasteiger partial charge on any atom is -0.316 e. The van der Waals surface area contributed by atoms with E-state index >= 15 is 0 Å². The van der Waals surface area contributed by atoms with Gasteiger partial charge in [-0.3, -0.25) is 4.90 Å². The van der Waals surface area contributed by atoms with Gasteiger partial charge in [0.2, 0.25) is 0 Å². The van der Waals surface area contributed by atoms with Crippen molar-refractivity contribution in [3.8, 4) is 0 Å². The molecule has 1 N–H and O–H groups in total. The van der Waals surface area contributed by atoms with Crippen molar-refractivity contribution in [3.63, 3.8) is 0 Å². The third kappa shape index (κ3) is 4.17. The van der Waals surface area contributed by atoms with Gasteiger partial charge in [0, 0.05) is 25.2 Å². The molecule has 2 nitrogen and oxygen atoms in total. The number of rotatable bonds is 3. The van der Waals surface area contributed by atoms with Crippen LogP contribution in [0.2, 0.25) is 0 Å². The summed E-state index contributed by atoms with van der Waals surface area (Å²) in [4.78, 5) is 1.89. The first-order chi connectivity index (χ1) is 10.5. The first kappa shape index (κ1) is 18.1. The lowest BCUT2D eigenvalue weighted by molar-refractivity contribution is -0.143. The van der Waals surface area contributed by atoms with E-state index in [1.54, 1.807) is 14.0 Å². The Kier molecular flexibility index (Phi) is 4.96. The van der Waals surface area contributed by atoms with E-state index in [2.05, 4.69) is 5.32 Å². The van der Waals surface area contributed by atoms with Crippen LogP contribution in [0.5, 0.6) is 0 Å². The van der Waals surface area contributed by atoms with Gasteiger partial charge in [0.15, 0.2) is 0 Å². The fourth-order valence-corrected chi connectivity index (χ4v) is 2.81.